The van der Waals surface area contributed by atoms with Gasteiger partial charge in [-0.2, -0.15) is 5.10 Å². The summed E-state index contributed by atoms with van der Waals surface area (Å²) < 4.78 is 1.53. The summed E-state index contributed by atoms with van der Waals surface area (Å²) in [7, 11) is 0. The fraction of sp³-hybridized carbons (Fsp3) is 0.100. The molecular formula is C20H17N7O. The number of nitrogens with zero attached hydrogens (tertiary/aromatic N) is 6. The minimum Gasteiger partial charge on any atom is -0.305 e. The summed E-state index contributed by atoms with van der Waals surface area (Å²) in [4.78, 5) is 30.1. The van der Waals surface area contributed by atoms with E-state index in [0.717, 1.165) is 11.1 Å². The Balaban J connectivity index is 1.66. The first-order valence-corrected chi connectivity index (χ1v) is 8.65. The van der Waals surface area contributed by atoms with Gasteiger partial charge in [0.05, 0.1) is 18.1 Å². The molecule has 0 aliphatic carbocycles. The van der Waals surface area contributed by atoms with Crippen molar-refractivity contribution in [1.82, 2.24) is 29.7 Å². The van der Waals surface area contributed by atoms with Crippen molar-refractivity contribution in [2.75, 3.05) is 5.32 Å². The molecule has 0 saturated heterocycles. The van der Waals surface area contributed by atoms with Crippen LogP contribution in [0, 0.1) is 13.8 Å². The standard InChI is InChI=1S/C20H17N7O/c1-13-5-3-9-22-17(13)19-23-11-14(2)18(25-19)26-20(28)16-7-10-24-27(16)15-6-4-8-21-12-15/h3-12H,1-2H3,(H,23,25,26,28). The second-order valence-electron chi connectivity index (χ2n) is 6.19. The predicted molar refractivity (Wildman–Crippen MR) is 104 cm³/mol. The number of hydrogen-bond donors (Lipinski definition) is 1. The van der Waals surface area contributed by atoms with Crippen molar-refractivity contribution in [2.24, 2.45) is 0 Å². The topological polar surface area (TPSA) is 98.5 Å². The van der Waals surface area contributed by atoms with Gasteiger partial charge in [0.1, 0.15) is 17.2 Å². The van der Waals surface area contributed by atoms with E-state index in [2.05, 4.69) is 30.4 Å². The van der Waals surface area contributed by atoms with Gasteiger partial charge in [-0.25, -0.2) is 14.6 Å². The van der Waals surface area contributed by atoms with Crippen molar-refractivity contribution in [3.63, 3.8) is 0 Å². The molecule has 28 heavy (non-hydrogen) atoms. The van der Waals surface area contributed by atoms with Gasteiger partial charge in [-0.3, -0.25) is 14.8 Å². The summed E-state index contributed by atoms with van der Waals surface area (Å²) in [5, 5.41) is 7.07. The third-order valence-electron chi connectivity index (χ3n) is 4.19. The number of anilines is 1. The van der Waals surface area contributed by atoms with Crippen LogP contribution in [0.25, 0.3) is 17.2 Å². The van der Waals surface area contributed by atoms with Crippen LogP contribution in [0.4, 0.5) is 5.82 Å². The molecule has 4 aromatic rings. The van der Waals surface area contributed by atoms with E-state index >= 15 is 0 Å². The van der Waals surface area contributed by atoms with Crippen LogP contribution in [0.3, 0.4) is 0 Å². The fourth-order valence-electron chi connectivity index (χ4n) is 2.73. The first-order valence-electron chi connectivity index (χ1n) is 8.65. The van der Waals surface area contributed by atoms with E-state index < -0.39 is 0 Å². The lowest BCUT2D eigenvalue weighted by molar-refractivity contribution is 0.101. The number of aromatic nitrogens is 6. The summed E-state index contributed by atoms with van der Waals surface area (Å²) in [6, 6.07) is 9.05. The number of carbonyl (C=O) groups is 1. The Hall–Kier alpha value is -3.94. The summed E-state index contributed by atoms with van der Waals surface area (Å²) >= 11 is 0. The Morgan fingerprint density at radius 1 is 0.964 bits per heavy atom. The maximum Gasteiger partial charge on any atom is 0.275 e. The first kappa shape index (κ1) is 17.5. The molecule has 1 amide bonds. The van der Waals surface area contributed by atoms with Crippen LogP contribution >= 0.6 is 0 Å². The summed E-state index contributed by atoms with van der Waals surface area (Å²) in [5.74, 6) is 0.561. The van der Waals surface area contributed by atoms with E-state index in [-0.39, 0.29) is 5.91 Å². The van der Waals surface area contributed by atoms with E-state index in [1.807, 2.05) is 32.0 Å². The maximum absolute atomic E-state index is 12.9. The van der Waals surface area contributed by atoms with Gasteiger partial charge in [0.25, 0.3) is 5.91 Å². The van der Waals surface area contributed by atoms with Gasteiger partial charge in [0, 0.05) is 24.2 Å². The van der Waals surface area contributed by atoms with E-state index in [1.165, 1.54) is 4.68 Å². The van der Waals surface area contributed by atoms with Crippen LogP contribution in [-0.4, -0.2) is 35.6 Å². The van der Waals surface area contributed by atoms with Gasteiger partial charge < -0.3 is 5.32 Å². The van der Waals surface area contributed by atoms with Gasteiger partial charge in [0.2, 0.25) is 0 Å². The average molecular weight is 371 g/mol. The lowest BCUT2D eigenvalue weighted by Gasteiger charge is -2.11. The van der Waals surface area contributed by atoms with E-state index in [0.29, 0.717) is 28.7 Å². The zero-order valence-electron chi connectivity index (χ0n) is 15.4. The van der Waals surface area contributed by atoms with Crippen LogP contribution in [0.5, 0.6) is 0 Å². The van der Waals surface area contributed by atoms with Crippen LogP contribution in [0.2, 0.25) is 0 Å². The molecule has 0 radical (unpaired) electrons. The molecule has 8 heteroatoms. The van der Waals surface area contributed by atoms with Gasteiger partial charge >= 0.3 is 0 Å². The Morgan fingerprint density at radius 3 is 2.61 bits per heavy atom. The normalized spacial score (nSPS) is 10.6. The number of pyridine rings is 2. The number of nitrogens with one attached hydrogen (secondary N) is 1. The zero-order chi connectivity index (χ0) is 19.5. The third kappa shape index (κ3) is 3.35. The fourth-order valence-corrected chi connectivity index (χ4v) is 2.73. The molecule has 138 valence electrons. The third-order valence-corrected chi connectivity index (χ3v) is 4.19. The van der Waals surface area contributed by atoms with Gasteiger partial charge in [0.15, 0.2) is 5.82 Å². The van der Waals surface area contributed by atoms with Crippen molar-refractivity contribution in [3.8, 4) is 17.2 Å². The Bertz CT molecular complexity index is 1140. The van der Waals surface area contributed by atoms with E-state index in [4.69, 9.17) is 0 Å². The maximum atomic E-state index is 12.9. The minimum atomic E-state index is -0.327. The molecule has 0 atom stereocenters. The predicted octanol–water partition coefficient (Wildman–Crippen LogP) is 2.99. The highest BCUT2D eigenvalue weighted by Crippen LogP contribution is 2.20. The molecule has 4 rings (SSSR count). The Kier molecular flexibility index (Phi) is 4.59. The largest absolute Gasteiger partial charge is 0.305 e. The highest BCUT2D eigenvalue weighted by atomic mass is 16.2. The Morgan fingerprint density at radius 2 is 1.82 bits per heavy atom. The molecule has 0 fully saturated rings. The number of carbonyl (C=O) groups excluding carboxylic acids is 1. The van der Waals surface area contributed by atoms with Crippen molar-refractivity contribution < 1.29 is 4.79 Å². The molecule has 0 bridgehead atoms. The van der Waals surface area contributed by atoms with Crippen molar-refractivity contribution in [1.29, 1.82) is 0 Å². The van der Waals surface area contributed by atoms with Crippen molar-refractivity contribution in [2.45, 2.75) is 13.8 Å². The van der Waals surface area contributed by atoms with Gasteiger partial charge in [-0.1, -0.05) is 6.07 Å². The number of rotatable bonds is 4. The second kappa shape index (κ2) is 7.36. The molecule has 0 spiro atoms. The SMILES string of the molecule is Cc1cnc(-c2ncccc2C)nc1NC(=O)c1ccnn1-c1cccnc1. The number of amides is 1. The lowest BCUT2D eigenvalue weighted by atomic mass is 10.2. The molecule has 0 aliphatic rings. The Labute approximate surface area is 161 Å². The quantitative estimate of drug-likeness (QED) is 0.592. The number of aryl methyl sites for hydroxylation is 2. The number of hydrogen-bond acceptors (Lipinski definition) is 6. The van der Waals surface area contributed by atoms with E-state index in [9.17, 15) is 4.79 Å². The monoisotopic (exact) mass is 371 g/mol. The molecule has 1 N–H and O–H groups in total. The van der Waals surface area contributed by atoms with Crippen LogP contribution in [0.15, 0.2) is 61.3 Å². The highest BCUT2D eigenvalue weighted by molar-refractivity contribution is 6.03. The molecule has 0 aromatic carbocycles. The summed E-state index contributed by atoms with van der Waals surface area (Å²) in [5.41, 5.74) is 3.46. The molecule has 4 aromatic heterocycles. The summed E-state index contributed by atoms with van der Waals surface area (Å²) in [6.07, 6.45) is 8.23. The second-order valence-corrected chi connectivity index (χ2v) is 6.19. The van der Waals surface area contributed by atoms with Crippen molar-refractivity contribution in [3.05, 3.63) is 78.1 Å². The van der Waals surface area contributed by atoms with Crippen LogP contribution in [-0.2, 0) is 0 Å². The molecule has 0 aliphatic heterocycles. The van der Waals surface area contributed by atoms with Crippen molar-refractivity contribution >= 4 is 11.7 Å². The van der Waals surface area contributed by atoms with Gasteiger partial charge in [-0.15, -0.1) is 0 Å². The zero-order valence-corrected chi connectivity index (χ0v) is 15.4. The average Bonchev–Trinajstić information content (AvgIpc) is 3.21. The lowest BCUT2D eigenvalue weighted by Crippen LogP contribution is -2.18. The smallest absolute Gasteiger partial charge is 0.275 e. The van der Waals surface area contributed by atoms with E-state index in [1.54, 1.807) is 43.1 Å². The molecule has 0 saturated carbocycles. The molecular weight excluding hydrogens is 354 g/mol. The molecule has 8 nitrogen and oxygen atoms in total. The first-order chi connectivity index (χ1) is 13.6. The van der Waals surface area contributed by atoms with Gasteiger partial charge in [-0.05, 0) is 43.7 Å². The van der Waals surface area contributed by atoms with Crippen LogP contribution < -0.4 is 5.32 Å². The molecule has 4 heterocycles. The van der Waals surface area contributed by atoms with Crippen LogP contribution in [0.1, 0.15) is 21.6 Å². The highest BCUT2D eigenvalue weighted by Gasteiger charge is 2.17. The summed E-state index contributed by atoms with van der Waals surface area (Å²) in [6.45, 7) is 3.78. The minimum absolute atomic E-state index is 0.327. The molecule has 0 unspecified atom stereocenters.